The lowest BCUT2D eigenvalue weighted by atomic mass is 9.90. The maximum Gasteiger partial charge on any atom is 0.261 e. The SMILES string of the molecule is C/C=C(\C=NCC)c1ccc(NC(=O)C(C)c2cc(C)cc3c2C(=O)N(C)C3=O)nc1.[HH]. The first kappa shape index (κ1) is 22.1. The van der Waals surface area contributed by atoms with Gasteiger partial charge in [-0.2, -0.15) is 0 Å². The van der Waals surface area contributed by atoms with E-state index in [4.69, 9.17) is 0 Å². The van der Waals surface area contributed by atoms with Crippen LogP contribution in [0.25, 0.3) is 5.57 Å². The number of benzene rings is 1. The van der Waals surface area contributed by atoms with Crippen molar-refractivity contribution in [2.24, 2.45) is 4.99 Å². The quantitative estimate of drug-likeness (QED) is 0.563. The number of aryl methyl sites for hydroxylation is 1. The monoisotopic (exact) mass is 420 g/mol. The highest BCUT2D eigenvalue weighted by atomic mass is 16.2. The Bertz CT molecular complexity index is 1110. The molecule has 0 saturated heterocycles. The fourth-order valence-electron chi connectivity index (χ4n) is 3.52. The molecule has 0 fully saturated rings. The van der Waals surface area contributed by atoms with Gasteiger partial charge in [-0.15, -0.1) is 0 Å². The number of pyridine rings is 1. The van der Waals surface area contributed by atoms with E-state index < -0.39 is 5.92 Å². The van der Waals surface area contributed by atoms with Crippen molar-refractivity contribution in [3.05, 3.63) is 64.4 Å². The molecule has 0 aliphatic carbocycles. The highest BCUT2D eigenvalue weighted by Crippen LogP contribution is 2.31. The smallest absolute Gasteiger partial charge is 0.261 e. The van der Waals surface area contributed by atoms with E-state index in [-0.39, 0.29) is 19.1 Å². The van der Waals surface area contributed by atoms with Crippen LogP contribution in [0.5, 0.6) is 0 Å². The summed E-state index contributed by atoms with van der Waals surface area (Å²) >= 11 is 0. The van der Waals surface area contributed by atoms with Crippen LogP contribution in [0.1, 0.15) is 65.5 Å². The molecular weight excluding hydrogens is 392 g/mol. The van der Waals surface area contributed by atoms with Crippen molar-refractivity contribution in [1.29, 1.82) is 0 Å². The van der Waals surface area contributed by atoms with Gasteiger partial charge in [-0.05, 0) is 62.6 Å². The number of carbonyl (C=O) groups is 3. The van der Waals surface area contributed by atoms with E-state index in [1.807, 2.05) is 32.9 Å². The zero-order valence-corrected chi connectivity index (χ0v) is 18.4. The minimum atomic E-state index is -0.638. The standard InChI is InChI=1S/C24H26N4O3.H2/c1-6-16(12-25-7-2)17-8-9-20(26-13-17)27-22(29)15(4)18-10-14(3)11-19-21(18)24(31)28(5)23(19)30;/h6,8-13,15H,7H2,1-5H3,(H,26,27,29);1H/b16-6+,25-12?;. The molecule has 1 aliphatic rings. The molecule has 1 aliphatic heterocycles. The summed E-state index contributed by atoms with van der Waals surface area (Å²) < 4.78 is 0. The number of rotatable bonds is 6. The van der Waals surface area contributed by atoms with Gasteiger partial charge in [0.25, 0.3) is 11.8 Å². The number of aliphatic imine (C=N–C) groups is 1. The third kappa shape index (κ3) is 4.30. The number of nitrogens with zero attached hydrogens (tertiary/aromatic N) is 3. The second kappa shape index (κ2) is 9.04. The van der Waals surface area contributed by atoms with Gasteiger partial charge in [-0.1, -0.05) is 12.1 Å². The third-order valence-corrected chi connectivity index (χ3v) is 5.30. The first-order chi connectivity index (χ1) is 14.8. The number of amides is 3. The summed E-state index contributed by atoms with van der Waals surface area (Å²) in [6, 6.07) is 7.07. The van der Waals surface area contributed by atoms with Gasteiger partial charge in [0, 0.05) is 33.0 Å². The Labute approximate surface area is 183 Å². The molecular formula is C24H28N4O3. The van der Waals surface area contributed by atoms with Crippen LogP contribution in [0.15, 0.2) is 41.5 Å². The lowest BCUT2D eigenvalue weighted by Gasteiger charge is -2.16. The molecule has 7 nitrogen and oxygen atoms in total. The second-order valence-corrected chi connectivity index (χ2v) is 7.46. The summed E-state index contributed by atoms with van der Waals surface area (Å²) in [5, 5.41) is 2.80. The van der Waals surface area contributed by atoms with Crippen LogP contribution in [-0.2, 0) is 4.79 Å². The van der Waals surface area contributed by atoms with Gasteiger partial charge in [-0.25, -0.2) is 4.98 Å². The van der Waals surface area contributed by atoms with Gasteiger partial charge in [0.1, 0.15) is 5.82 Å². The fraction of sp³-hybridized carbons (Fsp3) is 0.292. The average Bonchev–Trinajstić information content (AvgIpc) is 2.98. The lowest BCUT2D eigenvalue weighted by molar-refractivity contribution is -0.117. The summed E-state index contributed by atoms with van der Waals surface area (Å²) in [5.41, 5.74) is 3.85. The largest absolute Gasteiger partial charge is 0.310 e. The van der Waals surface area contributed by atoms with E-state index in [2.05, 4.69) is 15.3 Å². The van der Waals surface area contributed by atoms with Gasteiger partial charge < -0.3 is 5.32 Å². The van der Waals surface area contributed by atoms with Crippen LogP contribution in [-0.4, -0.2) is 47.4 Å². The van der Waals surface area contributed by atoms with E-state index in [0.717, 1.165) is 21.6 Å². The number of hydrogen-bond donors (Lipinski definition) is 1. The Balaban J connectivity index is 0.00000363. The molecule has 2 heterocycles. The van der Waals surface area contributed by atoms with Crippen LogP contribution < -0.4 is 5.32 Å². The van der Waals surface area contributed by atoms with Crippen molar-refractivity contribution in [3.63, 3.8) is 0 Å². The van der Waals surface area contributed by atoms with Crippen LogP contribution in [0.2, 0.25) is 0 Å². The normalized spacial score (nSPS) is 14.9. The van der Waals surface area contributed by atoms with Crippen LogP contribution in [0.3, 0.4) is 0 Å². The molecule has 0 saturated carbocycles. The van der Waals surface area contributed by atoms with E-state index in [1.54, 1.807) is 37.5 Å². The van der Waals surface area contributed by atoms with Crippen LogP contribution in [0, 0.1) is 6.92 Å². The summed E-state index contributed by atoms with van der Waals surface area (Å²) in [5.74, 6) is -1.26. The number of aromatic nitrogens is 1. The minimum absolute atomic E-state index is 0. The van der Waals surface area contributed by atoms with E-state index in [1.165, 1.54) is 7.05 Å². The molecule has 3 amide bonds. The van der Waals surface area contributed by atoms with E-state index in [0.29, 0.717) is 29.1 Å². The van der Waals surface area contributed by atoms with Gasteiger partial charge in [-0.3, -0.25) is 24.3 Å². The number of anilines is 1. The number of imide groups is 1. The third-order valence-electron chi connectivity index (χ3n) is 5.30. The van der Waals surface area contributed by atoms with Crippen LogP contribution >= 0.6 is 0 Å². The lowest BCUT2D eigenvalue weighted by Crippen LogP contribution is -2.25. The summed E-state index contributed by atoms with van der Waals surface area (Å²) in [6.07, 6.45) is 5.42. The zero-order chi connectivity index (χ0) is 22.7. The molecule has 7 heteroatoms. The number of carbonyl (C=O) groups excluding carboxylic acids is 3. The number of fused-ring (bicyclic) bond motifs is 1. The van der Waals surface area contributed by atoms with Crippen molar-refractivity contribution in [2.75, 3.05) is 18.9 Å². The second-order valence-electron chi connectivity index (χ2n) is 7.46. The molecule has 1 N–H and O–H groups in total. The summed E-state index contributed by atoms with van der Waals surface area (Å²) in [7, 11) is 1.45. The fourth-order valence-corrected chi connectivity index (χ4v) is 3.52. The summed E-state index contributed by atoms with van der Waals surface area (Å²) in [4.78, 5) is 47.5. The maximum absolute atomic E-state index is 12.9. The molecule has 2 aromatic rings. The molecule has 162 valence electrons. The molecule has 1 atom stereocenters. The van der Waals surface area contributed by atoms with Gasteiger partial charge in [0.15, 0.2) is 0 Å². The van der Waals surface area contributed by atoms with E-state index >= 15 is 0 Å². The predicted molar refractivity (Wildman–Crippen MR) is 124 cm³/mol. The van der Waals surface area contributed by atoms with E-state index in [9.17, 15) is 14.4 Å². The minimum Gasteiger partial charge on any atom is -0.310 e. The van der Waals surface area contributed by atoms with Crippen molar-refractivity contribution in [3.8, 4) is 0 Å². The van der Waals surface area contributed by atoms with Gasteiger partial charge in [0.05, 0.1) is 17.0 Å². The van der Waals surface area contributed by atoms with Gasteiger partial charge in [0.2, 0.25) is 5.91 Å². The number of hydrogen-bond acceptors (Lipinski definition) is 5. The van der Waals surface area contributed by atoms with Crippen molar-refractivity contribution in [2.45, 2.75) is 33.6 Å². The topological polar surface area (TPSA) is 91.7 Å². The molecule has 0 bridgehead atoms. The predicted octanol–water partition coefficient (Wildman–Crippen LogP) is 4.10. The molecule has 1 aromatic carbocycles. The molecule has 3 rings (SSSR count). The van der Waals surface area contributed by atoms with Crippen LogP contribution in [0.4, 0.5) is 5.82 Å². The molecule has 0 radical (unpaired) electrons. The Morgan fingerprint density at radius 3 is 2.65 bits per heavy atom. The zero-order valence-electron chi connectivity index (χ0n) is 18.4. The Morgan fingerprint density at radius 2 is 2.03 bits per heavy atom. The van der Waals surface area contributed by atoms with Crippen molar-refractivity contribution >= 4 is 35.3 Å². The van der Waals surface area contributed by atoms with Gasteiger partial charge >= 0.3 is 0 Å². The van der Waals surface area contributed by atoms with Crippen molar-refractivity contribution in [1.82, 2.24) is 9.88 Å². The maximum atomic E-state index is 12.9. The Morgan fingerprint density at radius 1 is 1.29 bits per heavy atom. The first-order valence-corrected chi connectivity index (χ1v) is 10.2. The Kier molecular flexibility index (Phi) is 6.44. The Hall–Kier alpha value is -3.61. The first-order valence-electron chi connectivity index (χ1n) is 10.2. The highest BCUT2D eigenvalue weighted by Gasteiger charge is 2.37. The molecule has 0 spiro atoms. The molecule has 1 aromatic heterocycles. The summed E-state index contributed by atoms with van der Waals surface area (Å²) in [6.45, 7) is 8.15. The average molecular weight is 421 g/mol. The highest BCUT2D eigenvalue weighted by molar-refractivity contribution is 6.22. The number of nitrogens with one attached hydrogen (secondary N) is 1. The van der Waals surface area contributed by atoms with Crippen molar-refractivity contribution < 1.29 is 15.8 Å². The molecule has 1 unspecified atom stereocenters. The molecule has 31 heavy (non-hydrogen) atoms. The number of allylic oxidation sites excluding steroid dienone is 2.